The molecule has 0 aliphatic carbocycles. The molecule has 3 heterocycles. The van der Waals surface area contributed by atoms with Gasteiger partial charge in [-0.3, -0.25) is 14.2 Å². The Balaban J connectivity index is 2.28. The first-order chi connectivity index (χ1) is 9.65. The molecule has 0 aromatic carbocycles. The van der Waals surface area contributed by atoms with Crippen molar-refractivity contribution in [1.29, 1.82) is 0 Å². The van der Waals surface area contributed by atoms with Crippen molar-refractivity contribution in [2.24, 2.45) is 0 Å². The second kappa shape index (κ2) is 4.73. The Bertz CT molecular complexity index is 784. The zero-order valence-electron chi connectivity index (χ0n) is 10.3. The molecule has 3 aromatic rings. The van der Waals surface area contributed by atoms with E-state index in [2.05, 4.69) is 9.97 Å². The van der Waals surface area contributed by atoms with Gasteiger partial charge in [0.25, 0.3) is 0 Å². The third-order valence-corrected chi connectivity index (χ3v) is 2.91. The Kier molecular flexibility index (Phi) is 2.90. The summed E-state index contributed by atoms with van der Waals surface area (Å²) in [6, 6.07) is 8.08. The van der Waals surface area contributed by atoms with Crippen molar-refractivity contribution in [2.45, 2.75) is 6.42 Å². The van der Waals surface area contributed by atoms with Crippen LogP contribution >= 0.6 is 0 Å². The Morgan fingerprint density at radius 1 is 1.30 bits per heavy atom. The van der Waals surface area contributed by atoms with Gasteiger partial charge < -0.3 is 5.11 Å². The third kappa shape index (κ3) is 2.11. The van der Waals surface area contributed by atoms with Gasteiger partial charge in [-0.25, -0.2) is 9.37 Å². The van der Waals surface area contributed by atoms with Crippen LogP contribution in [-0.4, -0.2) is 25.4 Å². The molecule has 0 atom stereocenters. The maximum absolute atomic E-state index is 13.4. The maximum atomic E-state index is 13.4. The predicted molar refractivity (Wildman–Crippen MR) is 69.7 cm³/mol. The van der Waals surface area contributed by atoms with E-state index < -0.39 is 11.8 Å². The van der Waals surface area contributed by atoms with Crippen molar-refractivity contribution < 1.29 is 14.3 Å². The number of carboxylic acid groups (broad SMARTS) is 1. The Morgan fingerprint density at radius 2 is 2.15 bits per heavy atom. The van der Waals surface area contributed by atoms with E-state index in [0.717, 1.165) is 0 Å². The van der Waals surface area contributed by atoms with Crippen LogP contribution in [0.2, 0.25) is 0 Å². The van der Waals surface area contributed by atoms with Crippen LogP contribution in [0, 0.1) is 5.82 Å². The molecule has 0 spiro atoms. The summed E-state index contributed by atoms with van der Waals surface area (Å²) in [5.74, 6) is -1.46. The average Bonchev–Trinajstić information content (AvgIpc) is 2.77. The molecule has 100 valence electrons. The molecule has 0 unspecified atom stereocenters. The molecule has 3 aromatic heterocycles. The lowest BCUT2D eigenvalue weighted by molar-refractivity contribution is -0.136. The fourth-order valence-electron chi connectivity index (χ4n) is 2.09. The summed E-state index contributed by atoms with van der Waals surface area (Å²) in [5, 5.41) is 9.03. The van der Waals surface area contributed by atoms with Gasteiger partial charge in [0.2, 0.25) is 0 Å². The van der Waals surface area contributed by atoms with E-state index in [4.69, 9.17) is 5.11 Å². The lowest BCUT2D eigenvalue weighted by Gasteiger charge is -2.02. The molecule has 0 radical (unpaired) electrons. The fraction of sp³-hybridized carbons (Fsp3) is 0.0714. The molecule has 0 saturated carbocycles. The number of halogens is 1. The molecule has 0 aliphatic heterocycles. The number of carboxylic acids is 1. The number of hydrogen-bond acceptors (Lipinski definition) is 3. The van der Waals surface area contributed by atoms with Gasteiger partial charge in [0, 0.05) is 12.4 Å². The molecule has 0 bridgehead atoms. The second-order valence-corrected chi connectivity index (χ2v) is 4.27. The SMILES string of the molecule is O=C(O)Cc1c(-c2ccccn2)nc2ccc(F)cn12. The second-order valence-electron chi connectivity index (χ2n) is 4.27. The number of aliphatic carboxylic acids is 1. The zero-order valence-corrected chi connectivity index (χ0v) is 10.3. The summed E-state index contributed by atoms with van der Waals surface area (Å²) < 4.78 is 14.8. The van der Waals surface area contributed by atoms with Crippen molar-refractivity contribution in [2.75, 3.05) is 0 Å². The number of hydrogen-bond donors (Lipinski definition) is 1. The van der Waals surface area contributed by atoms with Crippen LogP contribution in [0.5, 0.6) is 0 Å². The highest BCUT2D eigenvalue weighted by Gasteiger charge is 2.17. The maximum Gasteiger partial charge on any atom is 0.309 e. The van der Waals surface area contributed by atoms with Gasteiger partial charge in [-0.15, -0.1) is 0 Å². The van der Waals surface area contributed by atoms with E-state index >= 15 is 0 Å². The normalized spacial score (nSPS) is 10.8. The van der Waals surface area contributed by atoms with Crippen molar-refractivity contribution in [1.82, 2.24) is 14.4 Å². The number of imidazole rings is 1. The fourth-order valence-corrected chi connectivity index (χ4v) is 2.09. The number of carbonyl (C=O) groups is 1. The molecular weight excluding hydrogens is 261 g/mol. The molecule has 20 heavy (non-hydrogen) atoms. The molecule has 6 heteroatoms. The van der Waals surface area contributed by atoms with Crippen LogP contribution in [0.1, 0.15) is 5.69 Å². The quantitative estimate of drug-likeness (QED) is 0.792. The summed E-state index contributed by atoms with van der Waals surface area (Å²) in [5.41, 5.74) is 1.92. The van der Waals surface area contributed by atoms with Gasteiger partial charge in [0.05, 0.1) is 17.8 Å². The monoisotopic (exact) mass is 271 g/mol. The van der Waals surface area contributed by atoms with E-state index in [1.165, 1.54) is 22.7 Å². The van der Waals surface area contributed by atoms with Gasteiger partial charge in [-0.2, -0.15) is 0 Å². The molecular formula is C14H10FN3O2. The topological polar surface area (TPSA) is 67.5 Å². The number of fused-ring (bicyclic) bond motifs is 1. The standard InChI is InChI=1S/C14H10FN3O2/c15-9-4-5-12-17-14(10-3-1-2-6-16-10)11(7-13(19)20)18(12)8-9/h1-6,8H,7H2,(H,19,20). The summed E-state index contributed by atoms with van der Waals surface area (Å²) in [7, 11) is 0. The third-order valence-electron chi connectivity index (χ3n) is 2.91. The van der Waals surface area contributed by atoms with E-state index in [1.54, 1.807) is 24.4 Å². The molecule has 0 aliphatic rings. The van der Waals surface area contributed by atoms with Gasteiger partial charge in [0.1, 0.15) is 17.2 Å². The highest BCUT2D eigenvalue weighted by molar-refractivity contribution is 5.75. The van der Waals surface area contributed by atoms with E-state index in [0.29, 0.717) is 22.7 Å². The van der Waals surface area contributed by atoms with Gasteiger partial charge in [-0.1, -0.05) is 6.07 Å². The van der Waals surface area contributed by atoms with E-state index in [1.807, 2.05) is 0 Å². The first-order valence-electron chi connectivity index (χ1n) is 5.95. The number of aromatic nitrogens is 3. The lowest BCUT2D eigenvalue weighted by Crippen LogP contribution is -2.05. The Labute approximate surface area is 113 Å². The van der Waals surface area contributed by atoms with Crippen LogP contribution in [0.15, 0.2) is 42.7 Å². The number of pyridine rings is 2. The van der Waals surface area contributed by atoms with E-state index in [9.17, 15) is 9.18 Å². The molecule has 0 fully saturated rings. The van der Waals surface area contributed by atoms with Crippen molar-refractivity contribution in [3.63, 3.8) is 0 Å². The van der Waals surface area contributed by atoms with Crippen LogP contribution < -0.4 is 0 Å². The largest absolute Gasteiger partial charge is 0.481 e. The summed E-state index contributed by atoms with van der Waals surface area (Å²) in [6.45, 7) is 0. The molecule has 0 amide bonds. The van der Waals surface area contributed by atoms with Crippen molar-refractivity contribution in [3.8, 4) is 11.4 Å². The lowest BCUT2D eigenvalue weighted by atomic mass is 10.2. The Hall–Kier alpha value is -2.76. The smallest absolute Gasteiger partial charge is 0.309 e. The molecule has 1 N–H and O–H groups in total. The van der Waals surface area contributed by atoms with Crippen LogP contribution in [0.3, 0.4) is 0 Å². The molecule has 3 rings (SSSR count). The first-order valence-corrected chi connectivity index (χ1v) is 5.95. The van der Waals surface area contributed by atoms with Gasteiger partial charge in [0.15, 0.2) is 0 Å². The van der Waals surface area contributed by atoms with Crippen molar-refractivity contribution in [3.05, 3.63) is 54.2 Å². The summed E-state index contributed by atoms with van der Waals surface area (Å²) >= 11 is 0. The van der Waals surface area contributed by atoms with Gasteiger partial charge in [-0.05, 0) is 24.3 Å². The minimum atomic E-state index is -1.01. The minimum absolute atomic E-state index is 0.253. The average molecular weight is 271 g/mol. The molecule has 0 saturated heterocycles. The van der Waals surface area contributed by atoms with Crippen molar-refractivity contribution >= 4 is 11.6 Å². The van der Waals surface area contributed by atoms with Gasteiger partial charge >= 0.3 is 5.97 Å². The zero-order chi connectivity index (χ0) is 14.1. The van der Waals surface area contributed by atoms with Crippen LogP contribution in [-0.2, 0) is 11.2 Å². The summed E-state index contributed by atoms with van der Waals surface area (Å²) in [4.78, 5) is 19.5. The van der Waals surface area contributed by atoms with E-state index in [-0.39, 0.29) is 6.42 Å². The highest BCUT2D eigenvalue weighted by atomic mass is 19.1. The molecule has 5 nitrogen and oxygen atoms in total. The van der Waals surface area contributed by atoms with Crippen LogP contribution in [0.25, 0.3) is 17.0 Å². The highest BCUT2D eigenvalue weighted by Crippen LogP contribution is 2.23. The predicted octanol–water partition coefficient (Wildman–Crippen LogP) is 2.16. The minimum Gasteiger partial charge on any atom is -0.481 e. The summed E-state index contributed by atoms with van der Waals surface area (Å²) in [6.07, 6.45) is 2.58. The number of nitrogens with zero attached hydrogens (tertiary/aromatic N) is 3. The first kappa shape index (κ1) is 12.3. The Morgan fingerprint density at radius 3 is 2.85 bits per heavy atom. The van der Waals surface area contributed by atoms with Crippen LogP contribution in [0.4, 0.5) is 4.39 Å². The number of rotatable bonds is 3.